The van der Waals surface area contributed by atoms with Gasteiger partial charge in [0.15, 0.2) is 6.61 Å². The molecule has 1 aromatic heterocycles. The second-order valence-corrected chi connectivity index (χ2v) is 7.79. The number of carbonyl (C=O) groups excluding carboxylic acids is 2. The second kappa shape index (κ2) is 8.15. The Morgan fingerprint density at radius 1 is 1.23 bits per heavy atom. The van der Waals surface area contributed by atoms with Crippen LogP contribution in [0.25, 0.3) is 22.2 Å². The molecule has 2 aromatic carbocycles. The maximum absolute atomic E-state index is 13.3. The Kier molecular flexibility index (Phi) is 5.38. The molecule has 0 unspecified atom stereocenters. The van der Waals surface area contributed by atoms with Gasteiger partial charge in [0.2, 0.25) is 0 Å². The van der Waals surface area contributed by atoms with Crippen molar-refractivity contribution in [2.75, 3.05) is 6.61 Å². The van der Waals surface area contributed by atoms with Crippen molar-refractivity contribution >= 4 is 22.8 Å². The number of rotatable bonds is 6. The Labute approximate surface area is 178 Å². The fourth-order valence-corrected chi connectivity index (χ4v) is 3.53. The van der Waals surface area contributed by atoms with Gasteiger partial charge < -0.3 is 10.1 Å². The van der Waals surface area contributed by atoms with Gasteiger partial charge in [0.25, 0.3) is 5.91 Å². The number of para-hydroxylation sites is 1. The Morgan fingerprint density at radius 2 is 1.94 bits per heavy atom. The quantitative estimate of drug-likeness (QED) is 0.612. The van der Waals surface area contributed by atoms with E-state index in [1.807, 2.05) is 0 Å². The van der Waals surface area contributed by atoms with Gasteiger partial charge in [-0.05, 0) is 62.1 Å². The minimum absolute atomic E-state index is 0.125. The van der Waals surface area contributed by atoms with Gasteiger partial charge >= 0.3 is 5.97 Å². The molecule has 1 saturated carbocycles. The van der Waals surface area contributed by atoms with Crippen LogP contribution in [0.1, 0.15) is 30.1 Å². The summed E-state index contributed by atoms with van der Waals surface area (Å²) in [5.74, 6) is -1.45. The predicted molar refractivity (Wildman–Crippen MR) is 112 cm³/mol. The minimum atomic E-state index is -0.956. The van der Waals surface area contributed by atoms with E-state index in [0.717, 1.165) is 12.8 Å². The number of nitrogens with zero attached hydrogens (tertiary/aromatic N) is 2. The van der Waals surface area contributed by atoms with Crippen LogP contribution in [0.3, 0.4) is 0 Å². The number of fused-ring (bicyclic) bond motifs is 1. The maximum atomic E-state index is 13.3. The first kappa shape index (κ1) is 20.5. The molecule has 1 heterocycles. The molecule has 0 saturated heterocycles. The van der Waals surface area contributed by atoms with E-state index in [9.17, 15) is 19.2 Å². The van der Waals surface area contributed by atoms with Gasteiger partial charge in [-0.3, -0.25) is 4.79 Å². The number of amides is 1. The van der Waals surface area contributed by atoms with E-state index in [1.165, 1.54) is 12.1 Å². The summed E-state index contributed by atoms with van der Waals surface area (Å²) < 4.78 is 18.5. The van der Waals surface area contributed by atoms with Crippen LogP contribution in [0.15, 0.2) is 54.6 Å². The van der Waals surface area contributed by atoms with Crippen LogP contribution in [0.5, 0.6) is 0 Å². The highest BCUT2D eigenvalue weighted by atomic mass is 19.1. The highest BCUT2D eigenvalue weighted by Gasteiger charge is 2.43. The normalized spacial score (nSPS) is 15.0. The number of ether oxygens (including phenoxy) is 1. The molecule has 6 nitrogen and oxygen atoms in total. The number of nitrogens with one attached hydrogen (secondary N) is 1. The molecule has 7 heteroatoms. The zero-order valence-electron chi connectivity index (χ0n) is 16.9. The molecule has 4 rings (SSSR count). The molecule has 1 aliphatic rings. The van der Waals surface area contributed by atoms with Crippen molar-refractivity contribution in [2.24, 2.45) is 5.92 Å². The highest BCUT2D eigenvalue weighted by molar-refractivity contribution is 6.05. The number of pyridine rings is 1. The first-order valence-corrected chi connectivity index (χ1v) is 9.95. The summed E-state index contributed by atoms with van der Waals surface area (Å²) in [5, 5.41) is 12.6. The van der Waals surface area contributed by atoms with Gasteiger partial charge in [-0.2, -0.15) is 5.26 Å². The number of nitriles is 1. The fourth-order valence-electron chi connectivity index (χ4n) is 3.53. The lowest BCUT2D eigenvalue weighted by Gasteiger charge is -2.22. The lowest BCUT2D eigenvalue weighted by atomic mass is 9.98. The summed E-state index contributed by atoms with van der Waals surface area (Å²) in [4.78, 5) is 29.7. The molecule has 0 bridgehead atoms. The van der Waals surface area contributed by atoms with Crippen molar-refractivity contribution in [1.29, 1.82) is 5.26 Å². The topological polar surface area (TPSA) is 92.1 Å². The van der Waals surface area contributed by atoms with Crippen molar-refractivity contribution in [2.45, 2.75) is 25.3 Å². The zero-order chi connectivity index (χ0) is 22.0. The van der Waals surface area contributed by atoms with E-state index >= 15 is 0 Å². The Bertz CT molecular complexity index is 1200. The molecule has 0 aliphatic heterocycles. The Balaban J connectivity index is 1.56. The third kappa shape index (κ3) is 4.38. The molecule has 1 N–H and O–H groups in total. The first-order chi connectivity index (χ1) is 14.9. The molecular formula is C24H20FN3O3. The predicted octanol–water partition coefficient (Wildman–Crippen LogP) is 4.01. The minimum Gasteiger partial charge on any atom is -0.452 e. The highest BCUT2D eigenvalue weighted by Crippen LogP contribution is 2.39. The average Bonchev–Trinajstić information content (AvgIpc) is 3.63. The smallest absolute Gasteiger partial charge is 0.339 e. The molecule has 1 aliphatic carbocycles. The zero-order valence-corrected chi connectivity index (χ0v) is 16.9. The maximum Gasteiger partial charge on any atom is 0.339 e. The van der Waals surface area contributed by atoms with Crippen molar-refractivity contribution in [3.8, 4) is 17.3 Å². The van der Waals surface area contributed by atoms with E-state index in [4.69, 9.17) is 4.74 Å². The number of benzene rings is 2. The Hall–Kier alpha value is -3.79. The Morgan fingerprint density at radius 3 is 2.61 bits per heavy atom. The largest absolute Gasteiger partial charge is 0.452 e. The van der Waals surface area contributed by atoms with Gasteiger partial charge in [-0.15, -0.1) is 0 Å². The van der Waals surface area contributed by atoms with Crippen molar-refractivity contribution in [1.82, 2.24) is 10.3 Å². The van der Waals surface area contributed by atoms with E-state index < -0.39 is 24.0 Å². The summed E-state index contributed by atoms with van der Waals surface area (Å²) in [7, 11) is 0. The number of hydrogen-bond donors (Lipinski definition) is 1. The van der Waals surface area contributed by atoms with Crippen LogP contribution < -0.4 is 5.32 Å². The van der Waals surface area contributed by atoms with Gasteiger partial charge in [0, 0.05) is 10.9 Å². The number of carbonyl (C=O) groups is 2. The number of hydrogen-bond acceptors (Lipinski definition) is 5. The van der Waals surface area contributed by atoms with E-state index in [2.05, 4.69) is 16.4 Å². The molecule has 1 atom stereocenters. The van der Waals surface area contributed by atoms with Crippen LogP contribution in [0, 0.1) is 23.1 Å². The van der Waals surface area contributed by atoms with E-state index in [1.54, 1.807) is 49.4 Å². The van der Waals surface area contributed by atoms with E-state index in [-0.39, 0.29) is 17.3 Å². The summed E-state index contributed by atoms with van der Waals surface area (Å²) >= 11 is 0. The van der Waals surface area contributed by atoms with Crippen molar-refractivity contribution in [3.63, 3.8) is 0 Å². The monoisotopic (exact) mass is 417 g/mol. The van der Waals surface area contributed by atoms with Crippen LogP contribution in [0.2, 0.25) is 0 Å². The van der Waals surface area contributed by atoms with Crippen LogP contribution in [0.4, 0.5) is 4.39 Å². The number of aromatic nitrogens is 1. The van der Waals surface area contributed by atoms with Crippen LogP contribution >= 0.6 is 0 Å². The standard InChI is InChI=1S/C24H20FN3O3/c1-24(14-26,16-8-9-16)28-22(29)13-31-23(30)19-12-21(15-6-10-17(25)11-7-15)27-20-5-3-2-4-18(19)20/h2-7,10-12,16H,8-9,13H2,1H3,(H,28,29)/t24-/m1/s1. The number of esters is 1. The third-order valence-corrected chi connectivity index (χ3v) is 5.44. The second-order valence-electron chi connectivity index (χ2n) is 7.79. The summed E-state index contributed by atoms with van der Waals surface area (Å²) in [6, 6.07) is 16.6. The lowest BCUT2D eigenvalue weighted by molar-refractivity contribution is -0.125. The molecule has 0 spiro atoms. The van der Waals surface area contributed by atoms with Crippen LogP contribution in [-0.2, 0) is 9.53 Å². The van der Waals surface area contributed by atoms with Gasteiger partial charge in [0.1, 0.15) is 11.4 Å². The molecule has 1 fully saturated rings. The van der Waals surface area contributed by atoms with Gasteiger partial charge in [-0.1, -0.05) is 18.2 Å². The summed E-state index contributed by atoms with van der Waals surface area (Å²) in [5.41, 5.74) is 1.01. The summed E-state index contributed by atoms with van der Waals surface area (Å²) in [6.45, 7) is 1.18. The van der Waals surface area contributed by atoms with Gasteiger partial charge in [0.05, 0.1) is 22.8 Å². The summed E-state index contributed by atoms with van der Waals surface area (Å²) in [6.07, 6.45) is 1.78. The van der Waals surface area contributed by atoms with Crippen molar-refractivity contribution < 1.29 is 18.7 Å². The SMILES string of the molecule is C[C@](C#N)(NC(=O)COC(=O)c1cc(-c2ccc(F)cc2)nc2ccccc12)C1CC1. The first-order valence-electron chi connectivity index (χ1n) is 9.95. The molecule has 0 radical (unpaired) electrons. The molecule has 156 valence electrons. The lowest BCUT2D eigenvalue weighted by Crippen LogP contribution is -2.48. The van der Waals surface area contributed by atoms with Crippen molar-refractivity contribution in [3.05, 3.63) is 66.0 Å². The molecule has 31 heavy (non-hydrogen) atoms. The molecule has 1 amide bonds. The third-order valence-electron chi connectivity index (χ3n) is 5.44. The average molecular weight is 417 g/mol. The fraction of sp³-hybridized carbons (Fsp3) is 0.250. The molecule has 3 aromatic rings. The van der Waals surface area contributed by atoms with Gasteiger partial charge in [-0.25, -0.2) is 14.2 Å². The molecular weight excluding hydrogens is 397 g/mol. The van der Waals surface area contributed by atoms with Crippen LogP contribution in [-0.4, -0.2) is 29.0 Å². The number of halogens is 1. The van der Waals surface area contributed by atoms with E-state index in [0.29, 0.717) is 22.2 Å².